The minimum absolute atomic E-state index is 0.0623. The van der Waals surface area contributed by atoms with Gasteiger partial charge in [-0.15, -0.1) is 0 Å². The first kappa shape index (κ1) is 14.2. The van der Waals surface area contributed by atoms with Crippen molar-refractivity contribution in [2.24, 2.45) is 0 Å². The summed E-state index contributed by atoms with van der Waals surface area (Å²) < 4.78 is 10.3. The molecule has 0 bridgehead atoms. The van der Waals surface area contributed by atoms with Crippen molar-refractivity contribution < 1.29 is 14.3 Å². The molecule has 0 saturated carbocycles. The Labute approximate surface area is 107 Å². The number of rotatable bonds is 7. The number of hydrogen-bond acceptors (Lipinski definition) is 6. The Morgan fingerprint density at radius 3 is 2.89 bits per heavy atom. The molecule has 0 aliphatic carbocycles. The number of esters is 1. The molecule has 1 heterocycles. The van der Waals surface area contributed by atoms with Crippen LogP contribution >= 0.6 is 0 Å². The fraction of sp³-hybridized carbons (Fsp3) is 0.583. The SMILES string of the molecule is CCOC(=O)CCNc1cc(OC(C)C)ncn1. The Morgan fingerprint density at radius 2 is 2.22 bits per heavy atom. The van der Waals surface area contributed by atoms with Gasteiger partial charge in [-0.3, -0.25) is 4.79 Å². The predicted molar refractivity (Wildman–Crippen MR) is 67.5 cm³/mol. The fourth-order valence-electron chi connectivity index (χ4n) is 1.27. The Kier molecular flexibility index (Phi) is 5.90. The second-order valence-corrected chi connectivity index (χ2v) is 3.89. The molecule has 0 fully saturated rings. The van der Waals surface area contributed by atoms with Crippen LogP contribution in [0.15, 0.2) is 12.4 Å². The highest BCUT2D eigenvalue weighted by molar-refractivity contribution is 5.69. The van der Waals surface area contributed by atoms with Gasteiger partial charge >= 0.3 is 5.97 Å². The number of anilines is 1. The average molecular weight is 253 g/mol. The standard InChI is InChI=1S/C12H19N3O3/c1-4-17-12(16)5-6-13-10-7-11(15-8-14-10)18-9(2)3/h7-9H,4-6H2,1-3H3,(H,13,14,15). The van der Waals surface area contributed by atoms with E-state index in [1.165, 1.54) is 6.33 Å². The van der Waals surface area contributed by atoms with Gasteiger partial charge < -0.3 is 14.8 Å². The number of aromatic nitrogens is 2. The molecule has 1 aromatic heterocycles. The van der Waals surface area contributed by atoms with Gasteiger partial charge in [0, 0.05) is 12.6 Å². The maximum atomic E-state index is 11.1. The lowest BCUT2D eigenvalue weighted by Crippen LogP contribution is -2.12. The van der Waals surface area contributed by atoms with E-state index in [4.69, 9.17) is 9.47 Å². The van der Waals surface area contributed by atoms with Crippen molar-refractivity contribution in [2.75, 3.05) is 18.5 Å². The van der Waals surface area contributed by atoms with E-state index in [2.05, 4.69) is 15.3 Å². The first-order chi connectivity index (χ1) is 8.61. The third-order valence-corrected chi connectivity index (χ3v) is 1.94. The highest BCUT2D eigenvalue weighted by Crippen LogP contribution is 2.12. The van der Waals surface area contributed by atoms with Crippen molar-refractivity contribution in [1.29, 1.82) is 0 Å². The zero-order valence-electron chi connectivity index (χ0n) is 11.0. The Bertz CT molecular complexity index is 383. The van der Waals surface area contributed by atoms with E-state index in [1.54, 1.807) is 13.0 Å². The van der Waals surface area contributed by atoms with Crippen molar-refractivity contribution in [1.82, 2.24) is 9.97 Å². The van der Waals surface area contributed by atoms with Crippen LogP contribution < -0.4 is 10.1 Å². The summed E-state index contributed by atoms with van der Waals surface area (Å²) in [5.74, 6) is 0.918. The summed E-state index contributed by atoms with van der Waals surface area (Å²) in [4.78, 5) is 19.1. The molecular weight excluding hydrogens is 234 g/mol. The third-order valence-electron chi connectivity index (χ3n) is 1.94. The van der Waals surface area contributed by atoms with E-state index >= 15 is 0 Å². The van der Waals surface area contributed by atoms with Gasteiger partial charge in [-0.05, 0) is 20.8 Å². The van der Waals surface area contributed by atoms with E-state index in [9.17, 15) is 4.79 Å². The van der Waals surface area contributed by atoms with E-state index in [0.717, 1.165) is 0 Å². The Balaban J connectivity index is 2.40. The maximum absolute atomic E-state index is 11.1. The van der Waals surface area contributed by atoms with E-state index in [-0.39, 0.29) is 12.1 Å². The zero-order valence-corrected chi connectivity index (χ0v) is 11.0. The van der Waals surface area contributed by atoms with Crippen LogP contribution in [-0.4, -0.2) is 35.2 Å². The van der Waals surface area contributed by atoms with E-state index in [1.807, 2.05) is 13.8 Å². The van der Waals surface area contributed by atoms with E-state index < -0.39 is 0 Å². The molecule has 0 spiro atoms. The van der Waals surface area contributed by atoms with Gasteiger partial charge in [-0.1, -0.05) is 0 Å². The molecule has 0 atom stereocenters. The summed E-state index contributed by atoms with van der Waals surface area (Å²) >= 11 is 0. The van der Waals surface area contributed by atoms with Crippen LogP contribution in [0.5, 0.6) is 5.88 Å². The van der Waals surface area contributed by atoms with Crippen LogP contribution in [0.25, 0.3) is 0 Å². The number of ether oxygens (including phenoxy) is 2. The normalized spacial score (nSPS) is 10.2. The lowest BCUT2D eigenvalue weighted by molar-refractivity contribution is -0.142. The molecule has 18 heavy (non-hydrogen) atoms. The Hall–Kier alpha value is -1.85. The van der Waals surface area contributed by atoms with Crippen LogP contribution in [0.2, 0.25) is 0 Å². The molecular formula is C12H19N3O3. The number of hydrogen-bond donors (Lipinski definition) is 1. The first-order valence-corrected chi connectivity index (χ1v) is 6.00. The van der Waals surface area contributed by atoms with Gasteiger partial charge in [0.25, 0.3) is 0 Å². The predicted octanol–water partition coefficient (Wildman–Crippen LogP) is 1.63. The molecule has 0 aromatic carbocycles. The van der Waals surface area contributed by atoms with Crippen LogP contribution in [0.3, 0.4) is 0 Å². The summed E-state index contributed by atoms with van der Waals surface area (Å²) in [6.45, 7) is 6.51. The molecule has 1 rings (SSSR count). The largest absolute Gasteiger partial charge is 0.475 e. The summed E-state index contributed by atoms with van der Waals surface area (Å²) in [7, 11) is 0. The van der Waals surface area contributed by atoms with Gasteiger partial charge in [0.1, 0.15) is 12.1 Å². The molecule has 6 heteroatoms. The van der Waals surface area contributed by atoms with Crippen LogP contribution in [0.1, 0.15) is 27.2 Å². The topological polar surface area (TPSA) is 73.3 Å². The number of nitrogens with zero attached hydrogens (tertiary/aromatic N) is 2. The second-order valence-electron chi connectivity index (χ2n) is 3.89. The van der Waals surface area contributed by atoms with Crippen molar-refractivity contribution in [3.05, 3.63) is 12.4 Å². The minimum Gasteiger partial charge on any atom is -0.475 e. The van der Waals surface area contributed by atoms with E-state index in [0.29, 0.717) is 31.3 Å². The monoisotopic (exact) mass is 253 g/mol. The molecule has 0 saturated heterocycles. The van der Waals surface area contributed by atoms with Gasteiger partial charge in [0.05, 0.1) is 19.1 Å². The summed E-state index contributed by atoms with van der Waals surface area (Å²) in [6, 6.07) is 1.70. The molecule has 0 radical (unpaired) electrons. The van der Waals surface area contributed by atoms with Crippen molar-refractivity contribution in [3.8, 4) is 5.88 Å². The van der Waals surface area contributed by atoms with Gasteiger partial charge in [-0.25, -0.2) is 9.97 Å². The van der Waals surface area contributed by atoms with Gasteiger partial charge in [0.15, 0.2) is 0 Å². The fourth-order valence-corrected chi connectivity index (χ4v) is 1.27. The highest BCUT2D eigenvalue weighted by atomic mass is 16.5. The maximum Gasteiger partial charge on any atom is 0.307 e. The second kappa shape index (κ2) is 7.47. The quantitative estimate of drug-likeness (QED) is 0.744. The molecule has 1 aromatic rings. The third kappa shape index (κ3) is 5.47. The number of nitrogens with one attached hydrogen (secondary N) is 1. The van der Waals surface area contributed by atoms with Gasteiger partial charge in [-0.2, -0.15) is 0 Å². The summed E-state index contributed by atoms with van der Waals surface area (Å²) in [5.41, 5.74) is 0. The zero-order chi connectivity index (χ0) is 13.4. The van der Waals surface area contributed by atoms with Crippen LogP contribution in [0.4, 0.5) is 5.82 Å². The first-order valence-electron chi connectivity index (χ1n) is 6.00. The van der Waals surface area contributed by atoms with Crippen molar-refractivity contribution >= 4 is 11.8 Å². The lowest BCUT2D eigenvalue weighted by atomic mass is 10.4. The van der Waals surface area contributed by atoms with Crippen LogP contribution in [-0.2, 0) is 9.53 Å². The molecule has 0 amide bonds. The van der Waals surface area contributed by atoms with Gasteiger partial charge in [0.2, 0.25) is 5.88 Å². The van der Waals surface area contributed by atoms with Crippen molar-refractivity contribution in [3.63, 3.8) is 0 Å². The number of carbonyl (C=O) groups is 1. The molecule has 100 valence electrons. The molecule has 1 N–H and O–H groups in total. The Morgan fingerprint density at radius 1 is 1.44 bits per heavy atom. The smallest absolute Gasteiger partial charge is 0.307 e. The molecule has 6 nitrogen and oxygen atoms in total. The average Bonchev–Trinajstić information content (AvgIpc) is 2.29. The summed E-state index contributed by atoms with van der Waals surface area (Å²) in [6.07, 6.45) is 1.79. The summed E-state index contributed by atoms with van der Waals surface area (Å²) in [5, 5.41) is 3.02. The number of carbonyl (C=O) groups excluding carboxylic acids is 1. The van der Waals surface area contributed by atoms with Crippen molar-refractivity contribution in [2.45, 2.75) is 33.3 Å². The lowest BCUT2D eigenvalue weighted by Gasteiger charge is -2.10. The van der Waals surface area contributed by atoms with Crippen LogP contribution in [0, 0.1) is 0 Å². The minimum atomic E-state index is -0.224. The molecule has 0 unspecified atom stereocenters. The molecule has 0 aliphatic rings. The highest BCUT2D eigenvalue weighted by Gasteiger charge is 2.04. The molecule has 0 aliphatic heterocycles.